The Balaban J connectivity index is 1.63. The van der Waals surface area contributed by atoms with Crippen molar-refractivity contribution in [2.45, 2.75) is 19.4 Å². The molecule has 0 bridgehead atoms. The number of fused-ring (bicyclic) bond motifs is 1. The van der Waals surface area contributed by atoms with Gasteiger partial charge >= 0.3 is 0 Å². The Morgan fingerprint density at radius 2 is 2.29 bits per heavy atom. The molecule has 1 aliphatic rings. The third-order valence-corrected chi connectivity index (χ3v) is 5.08. The number of hydrogen-bond donors (Lipinski definition) is 1. The Hall–Kier alpha value is -2.34. The first-order valence-corrected chi connectivity index (χ1v) is 8.41. The summed E-state index contributed by atoms with van der Waals surface area (Å²) in [6, 6.07) is 5.65. The lowest BCUT2D eigenvalue weighted by Gasteiger charge is -2.37. The molecule has 0 radical (unpaired) electrons. The van der Waals surface area contributed by atoms with Crippen LogP contribution < -0.4 is 0 Å². The fourth-order valence-corrected chi connectivity index (χ4v) is 3.56. The van der Waals surface area contributed by atoms with Crippen LogP contribution in [0.1, 0.15) is 29.9 Å². The van der Waals surface area contributed by atoms with Crippen LogP contribution in [0.4, 0.5) is 0 Å². The Labute approximate surface area is 144 Å². The molecule has 7 heteroatoms. The fourth-order valence-electron chi connectivity index (χ4n) is 3.39. The van der Waals surface area contributed by atoms with Crippen molar-refractivity contribution >= 4 is 28.4 Å². The van der Waals surface area contributed by atoms with Gasteiger partial charge in [-0.15, -0.1) is 0 Å². The molecule has 1 saturated heterocycles. The normalized spacial score (nSPS) is 21.3. The van der Waals surface area contributed by atoms with Crippen LogP contribution >= 0.6 is 11.6 Å². The first-order chi connectivity index (χ1) is 11.6. The van der Waals surface area contributed by atoms with Crippen molar-refractivity contribution in [3.8, 4) is 0 Å². The van der Waals surface area contributed by atoms with Gasteiger partial charge in [-0.2, -0.15) is 5.10 Å². The Bertz CT molecular complexity index is 872. The molecule has 0 saturated carbocycles. The third-order valence-electron chi connectivity index (χ3n) is 4.84. The molecule has 1 amide bonds. The topological polar surface area (TPSA) is 66.8 Å². The molecule has 3 aromatic rings. The predicted octanol–water partition coefficient (Wildman–Crippen LogP) is 3.14. The fraction of sp³-hybridized carbons (Fsp3) is 0.353. The number of imidazole rings is 1. The standard InChI is InChI=1S/C17H18ClN5O/c1-11-4-6-22(9-15(11)23-7-5-19-10-23)17(24)16-13-8-12(18)2-3-14(13)20-21-16/h2-3,5,7-8,10-11,15H,4,6,9H2,1H3,(H,20,21). The van der Waals surface area contributed by atoms with Crippen molar-refractivity contribution in [2.24, 2.45) is 5.92 Å². The highest BCUT2D eigenvalue weighted by molar-refractivity contribution is 6.31. The van der Waals surface area contributed by atoms with Crippen LogP contribution in [0.3, 0.4) is 0 Å². The summed E-state index contributed by atoms with van der Waals surface area (Å²) in [6.45, 7) is 3.61. The molecule has 0 aliphatic carbocycles. The monoisotopic (exact) mass is 343 g/mol. The molecule has 124 valence electrons. The number of likely N-dealkylation sites (tertiary alicyclic amines) is 1. The van der Waals surface area contributed by atoms with E-state index in [0.717, 1.165) is 23.9 Å². The molecular formula is C17H18ClN5O. The van der Waals surface area contributed by atoms with Gasteiger partial charge in [-0.3, -0.25) is 9.89 Å². The zero-order valence-electron chi connectivity index (χ0n) is 13.3. The summed E-state index contributed by atoms with van der Waals surface area (Å²) in [4.78, 5) is 19.0. The van der Waals surface area contributed by atoms with Gasteiger partial charge in [-0.1, -0.05) is 18.5 Å². The van der Waals surface area contributed by atoms with Crippen molar-refractivity contribution in [3.05, 3.63) is 47.6 Å². The molecule has 1 aliphatic heterocycles. The minimum Gasteiger partial charge on any atom is -0.335 e. The lowest BCUT2D eigenvalue weighted by atomic mass is 9.93. The summed E-state index contributed by atoms with van der Waals surface area (Å²) in [6.07, 6.45) is 6.51. The van der Waals surface area contributed by atoms with Gasteiger partial charge in [-0.25, -0.2) is 4.98 Å². The highest BCUT2D eigenvalue weighted by Gasteiger charge is 2.31. The number of carbonyl (C=O) groups excluding carboxylic acids is 1. The van der Waals surface area contributed by atoms with Gasteiger partial charge in [0.2, 0.25) is 0 Å². The molecule has 6 nitrogen and oxygen atoms in total. The maximum atomic E-state index is 13.0. The van der Waals surface area contributed by atoms with Gasteiger partial charge < -0.3 is 9.47 Å². The molecule has 3 heterocycles. The number of hydrogen-bond acceptors (Lipinski definition) is 3. The molecule has 2 unspecified atom stereocenters. The first kappa shape index (κ1) is 15.2. The summed E-state index contributed by atoms with van der Waals surface area (Å²) >= 11 is 6.07. The Kier molecular flexibility index (Phi) is 3.76. The number of carbonyl (C=O) groups is 1. The number of aromatic amines is 1. The highest BCUT2D eigenvalue weighted by Crippen LogP contribution is 2.29. The number of halogens is 1. The minimum absolute atomic E-state index is 0.0551. The van der Waals surface area contributed by atoms with E-state index in [2.05, 4.69) is 26.7 Å². The smallest absolute Gasteiger partial charge is 0.275 e. The lowest BCUT2D eigenvalue weighted by molar-refractivity contribution is 0.0617. The van der Waals surface area contributed by atoms with E-state index in [1.807, 2.05) is 23.5 Å². The third kappa shape index (κ3) is 2.57. The van der Waals surface area contributed by atoms with Crippen LogP contribution in [0.5, 0.6) is 0 Å². The van der Waals surface area contributed by atoms with Gasteiger partial charge in [0, 0.05) is 35.9 Å². The average molecular weight is 344 g/mol. The largest absolute Gasteiger partial charge is 0.335 e. The predicted molar refractivity (Wildman–Crippen MR) is 92.1 cm³/mol. The van der Waals surface area contributed by atoms with Crippen molar-refractivity contribution in [1.82, 2.24) is 24.6 Å². The highest BCUT2D eigenvalue weighted by atomic mass is 35.5. The number of H-pyrrole nitrogens is 1. The molecule has 4 rings (SSSR count). The second kappa shape index (κ2) is 5.94. The van der Waals surface area contributed by atoms with Gasteiger partial charge in [0.15, 0.2) is 5.69 Å². The van der Waals surface area contributed by atoms with Crippen molar-refractivity contribution in [1.29, 1.82) is 0 Å². The van der Waals surface area contributed by atoms with Crippen LogP contribution in [0.25, 0.3) is 10.9 Å². The summed E-state index contributed by atoms with van der Waals surface area (Å²) in [5, 5.41) is 8.50. The molecule has 24 heavy (non-hydrogen) atoms. The van der Waals surface area contributed by atoms with E-state index >= 15 is 0 Å². The zero-order valence-corrected chi connectivity index (χ0v) is 14.1. The van der Waals surface area contributed by atoms with Gasteiger partial charge in [0.05, 0.1) is 17.9 Å². The summed E-state index contributed by atoms with van der Waals surface area (Å²) in [5.74, 6) is 0.439. The molecule has 2 atom stereocenters. The molecule has 1 N–H and O–H groups in total. The molecular weight excluding hydrogens is 326 g/mol. The summed E-state index contributed by atoms with van der Waals surface area (Å²) < 4.78 is 2.09. The lowest BCUT2D eigenvalue weighted by Crippen LogP contribution is -2.44. The van der Waals surface area contributed by atoms with Crippen molar-refractivity contribution < 1.29 is 4.79 Å². The Morgan fingerprint density at radius 3 is 3.08 bits per heavy atom. The number of nitrogens with zero attached hydrogens (tertiary/aromatic N) is 4. The first-order valence-electron chi connectivity index (χ1n) is 8.04. The summed E-state index contributed by atoms with van der Waals surface area (Å²) in [5.41, 5.74) is 1.26. The molecule has 0 spiro atoms. The van der Waals surface area contributed by atoms with E-state index in [9.17, 15) is 4.79 Å². The van der Waals surface area contributed by atoms with Crippen LogP contribution in [0, 0.1) is 5.92 Å². The van der Waals surface area contributed by atoms with Gasteiger partial charge in [0.1, 0.15) is 0 Å². The second-order valence-corrected chi connectivity index (χ2v) is 6.79. The van der Waals surface area contributed by atoms with Gasteiger partial charge in [-0.05, 0) is 30.5 Å². The van der Waals surface area contributed by atoms with E-state index in [4.69, 9.17) is 11.6 Å². The van der Waals surface area contributed by atoms with E-state index in [1.165, 1.54) is 0 Å². The quantitative estimate of drug-likeness (QED) is 0.777. The van der Waals surface area contributed by atoms with Crippen molar-refractivity contribution in [3.63, 3.8) is 0 Å². The van der Waals surface area contributed by atoms with Crippen molar-refractivity contribution in [2.75, 3.05) is 13.1 Å². The molecule has 1 fully saturated rings. The molecule has 1 aromatic carbocycles. The summed E-state index contributed by atoms with van der Waals surface area (Å²) in [7, 11) is 0. The SMILES string of the molecule is CC1CCN(C(=O)c2n[nH]c3ccc(Cl)cc23)CC1n1ccnc1. The zero-order chi connectivity index (χ0) is 16.7. The number of benzene rings is 1. The maximum absolute atomic E-state index is 13.0. The number of amides is 1. The maximum Gasteiger partial charge on any atom is 0.275 e. The van der Waals surface area contributed by atoms with Crippen LogP contribution in [0.2, 0.25) is 5.02 Å². The Morgan fingerprint density at radius 1 is 1.42 bits per heavy atom. The second-order valence-electron chi connectivity index (χ2n) is 6.36. The average Bonchev–Trinajstić information content (AvgIpc) is 3.24. The van der Waals surface area contributed by atoms with Crippen LogP contribution in [0.15, 0.2) is 36.9 Å². The van der Waals surface area contributed by atoms with Crippen LogP contribution in [-0.2, 0) is 0 Å². The van der Waals surface area contributed by atoms with E-state index in [0.29, 0.717) is 23.2 Å². The number of aromatic nitrogens is 4. The van der Waals surface area contributed by atoms with Gasteiger partial charge in [0.25, 0.3) is 5.91 Å². The number of rotatable bonds is 2. The van der Waals surface area contributed by atoms with Crippen LogP contribution in [-0.4, -0.2) is 43.6 Å². The minimum atomic E-state index is -0.0551. The van der Waals surface area contributed by atoms with E-state index < -0.39 is 0 Å². The van der Waals surface area contributed by atoms with E-state index in [-0.39, 0.29) is 11.9 Å². The number of piperidine rings is 1. The number of nitrogens with one attached hydrogen (secondary N) is 1. The van der Waals surface area contributed by atoms with E-state index in [1.54, 1.807) is 18.3 Å². The molecule has 2 aromatic heterocycles.